The molecule has 0 atom stereocenters. The van der Waals surface area contributed by atoms with Crippen LogP contribution in [0.4, 0.5) is 4.79 Å². The van der Waals surface area contributed by atoms with Gasteiger partial charge < -0.3 is 10.1 Å². The van der Waals surface area contributed by atoms with Crippen LogP contribution in [-0.2, 0) is 4.74 Å². The number of hydrogen-bond acceptors (Lipinski definition) is 5. The average Bonchev–Trinajstić information content (AvgIpc) is 2.78. The van der Waals surface area contributed by atoms with Crippen molar-refractivity contribution in [2.45, 2.75) is 26.4 Å². The van der Waals surface area contributed by atoms with Gasteiger partial charge in [0.25, 0.3) is 5.91 Å². The average molecular weight is 300 g/mol. The topological polar surface area (TPSA) is 67.8 Å². The first-order chi connectivity index (χ1) is 8.81. The minimum atomic E-state index is -0.719. The maximum atomic E-state index is 11.8. The standard InChI is InChI=1S/C12H16N2O3S2/c1-12(2,3)17-11(16)14-10(18-4)13-9(15)8-6-5-7-19-8/h5-7H,1-4H3,(H,13,14,15,16). The second-order valence-electron chi connectivity index (χ2n) is 4.53. The van der Waals surface area contributed by atoms with E-state index in [2.05, 4.69) is 10.3 Å². The highest BCUT2D eigenvalue weighted by Crippen LogP contribution is 2.11. The van der Waals surface area contributed by atoms with Gasteiger partial charge in [0, 0.05) is 0 Å². The molecule has 0 aliphatic carbocycles. The zero-order chi connectivity index (χ0) is 14.5. The quantitative estimate of drug-likeness (QED) is 0.639. The number of nitrogens with one attached hydrogen (secondary N) is 1. The number of carbonyl (C=O) groups excluding carboxylic acids is 2. The Hall–Kier alpha value is -1.34. The van der Waals surface area contributed by atoms with Crippen LogP contribution in [0.1, 0.15) is 30.4 Å². The number of carbonyl (C=O) groups is 2. The van der Waals surface area contributed by atoms with Gasteiger partial charge in [-0.1, -0.05) is 17.8 Å². The fourth-order valence-corrected chi connectivity index (χ4v) is 2.04. The van der Waals surface area contributed by atoms with Gasteiger partial charge in [-0.05, 0) is 38.5 Å². The van der Waals surface area contributed by atoms with Crippen molar-refractivity contribution in [3.05, 3.63) is 22.4 Å². The largest absolute Gasteiger partial charge is 0.442 e. The molecule has 1 N–H and O–H groups in total. The van der Waals surface area contributed by atoms with E-state index >= 15 is 0 Å². The Morgan fingerprint density at radius 3 is 2.58 bits per heavy atom. The first-order valence-corrected chi connectivity index (χ1v) is 7.63. The van der Waals surface area contributed by atoms with Crippen LogP contribution in [-0.4, -0.2) is 29.0 Å². The van der Waals surface area contributed by atoms with Gasteiger partial charge >= 0.3 is 6.09 Å². The van der Waals surface area contributed by atoms with E-state index in [4.69, 9.17) is 4.74 Å². The molecule has 0 aliphatic rings. The van der Waals surface area contributed by atoms with Crippen LogP contribution in [0.3, 0.4) is 0 Å². The van der Waals surface area contributed by atoms with Crippen LogP contribution in [0.15, 0.2) is 22.5 Å². The molecule has 1 heterocycles. The van der Waals surface area contributed by atoms with E-state index in [1.54, 1.807) is 44.5 Å². The van der Waals surface area contributed by atoms with E-state index in [0.29, 0.717) is 4.88 Å². The fraction of sp³-hybridized carbons (Fsp3) is 0.417. The number of amidine groups is 1. The normalized spacial score (nSPS) is 12.1. The predicted molar refractivity (Wildman–Crippen MR) is 79.0 cm³/mol. The SMILES string of the molecule is CS/C(=N\C(=O)OC(C)(C)C)NC(=O)c1cccs1. The van der Waals surface area contributed by atoms with E-state index in [1.165, 1.54) is 23.1 Å². The molecule has 0 fully saturated rings. The van der Waals surface area contributed by atoms with Crippen LogP contribution in [0.2, 0.25) is 0 Å². The van der Waals surface area contributed by atoms with Crippen molar-refractivity contribution in [1.82, 2.24) is 5.32 Å². The zero-order valence-electron chi connectivity index (χ0n) is 11.2. The van der Waals surface area contributed by atoms with Gasteiger partial charge in [0.1, 0.15) is 5.60 Å². The van der Waals surface area contributed by atoms with Crippen LogP contribution < -0.4 is 5.32 Å². The third-order valence-electron chi connectivity index (χ3n) is 1.75. The lowest BCUT2D eigenvalue weighted by molar-refractivity contribution is 0.0604. The van der Waals surface area contributed by atoms with Crippen molar-refractivity contribution in [2.24, 2.45) is 4.99 Å². The molecule has 1 aromatic heterocycles. The minimum Gasteiger partial charge on any atom is -0.442 e. The Bertz CT molecular complexity index is 476. The van der Waals surface area contributed by atoms with Gasteiger partial charge in [-0.15, -0.1) is 11.3 Å². The van der Waals surface area contributed by atoms with Gasteiger partial charge in [0.2, 0.25) is 0 Å². The molecule has 0 radical (unpaired) electrons. The van der Waals surface area contributed by atoms with Gasteiger partial charge in [0.05, 0.1) is 4.88 Å². The molecule has 7 heteroatoms. The summed E-state index contributed by atoms with van der Waals surface area (Å²) in [6.45, 7) is 5.26. The van der Waals surface area contributed by atoms with Gasteiger partial charge in [-0.25, -0.2) is 4.79 Å². The summed E-state index contributed by atoms with van der Waals surface area (Å²) in [5.74, 6) is -0.286. The van der Waals surface area contributed by atoms with E-state index in [-0.39, 0.29) is 11.1 Å². The Labute approximate surface area is 120 Å². The monoisotopic (exact) mass is 300 g/mol. The molecule has 0 aromatic carbocycles. The van der Waals surface area contributed by atoms with Crippen LogP contribution in [0.25, 0.3) is 0 Å². The lowest BCUT2D eigenvalue weighted by atomic mass is 10.2. The van der Waals surface area contributed by atoms with E-state index in [9.17, 15) is 9.59 Å². The summed E-state index contributed by atoms with van der Waals surface area (Å²) in [4.78, 5) is 27.6. The summed E-state index contributed by atoms with van der Waals surface area (Å²) >= 11 is 2.49. The van der Waals surface area contributed by atoms with Crippen molar-refractivity contribution in [3.63, 3.8) is 0 Å². The number of thiophene rings is 1. The molecule has 0 bridgehead atoms. The van der Waals surface area contributed by atoms with E-state index in [0.717, 1.165) is 0 Å². The molecule has 0 aliphatic heterocycles. The fourth-order valence-electron chi connectivity index (χ4n) is 1.06. The third-order valence-corrected chi connectivity index (χ3v) is 3.19. The minimum absolute atomic E-state index is 0.215. The second kappa shape index (κ2) is 6.72. The molecule has 0 spiro atoms. The Morgan fingerprint density at radius 2 is 2.11 bits per heavy atom. The highest BCUT2D eigenvalue weighted by atomic mass is 32.2. The molecule has 1 rings (SSSR count). The maximum absolute atomic E-state index is 11.8. The summed E-state index contributed by atoms with van der Waals surface area (Å²) < 4.78 is 5.05. The lowest BCUT2D eigenvalue weighted by Gasteiger charge is -2.17. The predicted octanol–water partition coefficient (Wildman–Crippen LogP) is 3.13. The summed E-state index contributed by atoms with van der Waals surface area (Å²) in [5.41, 5.74) is -0.609. The van der Waals surface area contributed by atoms with Crippen molar-refractivity contribution in [3.8, 4) is 0 Å². The Kier molecular flexibility index (Phi) is 5.56. The number of ether oxygens (including phenoxy) is 1. The molecule has 5 nitrogen and oxygen atoms in total. The Balaban J connectivity index is 2.68. The van der Waals surface area contributed by atoms with Gasteiger partial charge in [0.15, 0.2) is 5.17 Å². The molecular formula is C12H16N2O3S2. The summed E-state index contributed by atoms with van der Waals surface area (Å²) in [5, 5.41) is 4.59. The first kappa shape index (κ1) is 15.7. The number of thioether (sulfide) groups is 1. The van der Waals surface area contributed by atoms with E-state index < -0.39 is 11.7 Å². The van der Waals surface area contributed by atoms with Crippen molar-refractivity contribution >= 4 is 40.3 Å². The number of rotatable bonds is 1. The third kappa shape index (κ3) is 5.89. The van der Waals surface area contributed by atoms with Crippen molar-refractivity contribution in [2.75, 3.05) is 6.26 Å². The Morgan fingerprint density at radius 1 is 1.42 bits per heavy atom. The maximum Gasteiger partial charge on any atom is 0.436 e. The van der Waals surface area contributed by atoms with Gasteiger partial charge in [-0.2, -0.15) is 4.99 Å². The summed E-state index contributed by atoms with van der Waals surface area (Å²) in [6.07, 6.45) is 1.00. The molecular weight excluding hydrogens is 284 g/mol. The first-order valence-electron chi connectivity index (χ1n) is 5.52. The number of amides is 2. The summed E-state index contributed by atoms with van der Waals surface area (Å²) in [6, 6.07) is 3.48. The van der Waals surface area contributed by atoms with Crippen LogP contribution in [0.5, 0.6) is 0 Å². The number of nitrogens with zero attached hydrogens (tertiary/aromatic N) is 1. The molecule has 0 unspecified atom stereocenters. The van der Waals surface area contributed by atoms with Crippen LogP contribution in [0, 0.1) is 0 Å². The number of hydrogen-bond donors (Lipinski definition) is 1. The number of aliphatic imine (C=N–C) groups is 1. The van der Waals surface area contributed by atoms with Crippen molar-refractivity contribution < 1.29 is 14.3 Å². The summed E-state index contributed by atoms with van der Waals surface area (Å²) in [7, 11) is 0. The highest BCUT2D eigenvalue weighted by molar-refractivity contribution is 8.13. The highest BCUT2D eigenvalue weighted by Gasteiger charge is 2.17. The molecule has 1 aromatic rings. The zero-order valence-corrected chi connectivity index (χ0v) is 12.9. The second-order valence-corrected chi connectivity index (χ2v) is 6.28. The lowest BCUT2D eigenvalue weighted by Crippen LogP contribution is -2.29. The molecule has 19 heavy (non-hydrogen) atoms. The smallest absolute Gasteiger partial charge is 0.436 e. The molecule has 104 valence electrons. The van der Waals surface area contributed by atoms with Gasteiger partial charge in [-0.3, -0.25) is 4.79 Å². The van der Waals surface area contributed by atoms with E-state index in [1.807, 2.05) is 0 Å². The molecule has 2 amide bonds. The molecule has 0 saturated carbocycles. The van der Waals surface area contributed by atoms with Crippen LogP contribution >= 0.6 is 23.1 Å². The molecule has 0 saturated heterocycles. The van der Waals surface area contributed by atoms with Crippen molar-refractivity contribution in [1.29, 1.82) is 0 Å².